The van der Waals surface area contributed by atoms with Gasteiger partial charge in [0.1, 0.15) is 23.2 Å². The van der Waals surface area contributed by atoms with E-state index in [4.69, 9.17) is 9.47 Å². The SMILES string of the molecule is CC[C@]12C=CCCOC(=O)[C@H]1[C@H]1C(=O)N(CCO)C3C(=O)N(c4c(C)cccc4C)CC=C[C@@]31O2. The van der Waals surface area contributed by atoms with Gasteiger partial charge in [0, 0.05) is 18.8 Å². The lowest BCUT2D eigenvalue weighted by molar-refractivity contribution is -0.160. The van der Waals surface area contributed by atoms with E-state index in [1.54, 1.807) is 4.90 Å². The number of β-amino-alcohol motifs (C(OH)–C–C–N with tert-alkyl or cyclic N) is 1. The summed E-state index contributed by atoms with van der Waals surface area (Å²) in [6.45, 7) is 6.03. The van der Waals surface area contributed by atoms with Gasteiger partial charge in [0.25, 0.3) is 5.91 Å². The Balaban J connectivity index is 1.69. The molecule has 0 aromatic heterocycles. The van der Waals surface area contributed by atoms with Crippen LogP contribution in [0.15, 0.2) is 42.5 Å². The molecule has 4 aliphatic heterocycles. The summed E-state index contributed by atoms with van der Waals surface area (Å²) in [6.07, 6.45) is 8.50. The van der Waals surface area contributed by atoms with E-state index in [1.165, 1.54) is 4.90 Å². The Morgan fingerprint density at radius 3 is 2.49 bits per heavy atom. The lowest BCUT2D eigenvalue weighted by Crippen LogP contribution is -2.56. The average Bonchev–Trinajstić information content (AvgIpc) is 3.16. The summed E-state index contributed by atoms with van der Waals surface area (Å²) in [5.41, 5.74) is 0.293. The minimum Gasteiger partial charge on any atom is -0.465 e. The van der Waals surface area contributed by atoms with Crippen LogP contribution in [0.4, 0.5) is 5.69 Å². The van der Waals surface area contributed by atoms with E-state index in [0.29, 0.717) is 19.4 Å². The van der Waals surface area contributed by atoms with Crippen molar-refractivity contribution in [3.05, 3.63) is 53.6 Å². The second kappa shape index (κ2) is 8.60. The maximum atomic E-state index is 14.3. The van der Waals surface area contributed by atoms with Gasteiger partial charge >= 0.3 is 5.97 Å². The molecule has 1 aromatic carbocycles. The van der Waals surface area contributed by atoms with Crippen LogP contribution in [-0.2, 0) is 23.9 Å². The molecule has 1 aromatic rings. The molecule has 0 aliphatic carbocycles. The van der Waals surface area contributed by atoms with Gasteiger partial charge in [0.2, 0.25) is 5.91 Å². The van der Waals surface area contributed by atoms with Crippen LogP contribution in [0, 0.1) is 25.7 Å². The van der Waals surface area contributed by atoms with Gasteiger partial charge in [-0.15, -0.1) is 0 Å². The molecule has 0 bridgehead atoms. The van der Waals surface area contributed by atoms with E-state index in [0.717, 1.165) is 16.8 Å². The number of amides is 2. The van der Waals surface area contributed by atoms with Crippen molar-refractivity contribution in [3.8, 4) is 0 Å². The molecule has 4 heterocycles. The van der Waals surface area contributed by atoms with E-state index in [2.05, 4.69) is 0 Å². The van der Waals surface area contributed by atoms with Gasteiger partial charge in [0.05, 0.1) is 19.1 Å². The predicted octanol–water partition coefficient (Wildman–Crippen LogP) is 2.06. The number of ether oxygens (including phenoxy) is 2. The first-order valence-electron chi connectivity index (χ1n) is 12.3. The third-order valence-electron chi connectivity index (χ3n) is 7.95. The highest BCUT2D eigenvalue weighted by Gasteiger charge is 2.75. The van der Waals surface area contributed by atoms with Crippen molar-refractivity contribution in [2.75, 3.05) is 31.2 Å². The summed E-state index contributed by atoms with van der Waals surface area (Å²) in [4.78, 5) is 44.6. The number of aliphatic hydroxyl groups excluding tert-OH is 1. The Morgan fingerprint density at radius 1 is 1.06 bits per heavy atom. The molecule has 5 atom stereocenters. The molecule has 5 rings (SSSR count). The number of esters is 1. The molecule has 0 saturated carbocycles. The highest BCUT2D eigenvalue weighted by Crippen LogP contribution is 2.58. The fourth-order valence-corrected chi connectivity index (χ4v) is 6.51. The van der Waals surface area contributed by atoms with Crippen molar-refractivity contribution in [1.29, 1.82) is 0 Å². The number of carbonyl (C=O) groups is 3. The molecule has 1 N–H and O–H groups in total. The van der Waals surface area contributed by atoms with Crippen LogP contribution in [0.2, 0.25) is 0 Å². The standard InChI is InChI=1S/C27H32N2O6/c1-4-26-11-5-6-16-34-25(33)20(26)19-23(31)29(14-15-30)22-24(32)28(13-8-12-27(19,22)35-26)21-17(2)9-7-10-18(21)3/h5,7-12,19-20,22,30H,4,6,13-16H2,1-3H3/t19-,20+,22?,26-,27-/m0/s1. The van der Waals surface area contributed by atoms with E-state index < -0.39 is 35.0 Å². The molecule has 1 spiro atoms. The molecule has 186 valence electrons. The molecular formula is C27H32N2O6. The molecule has 8 heteroatoms. The maximum Gasteiger partial charge on any atom is 0.313 e. The lowest BCUT2D eigenvalue weighted by Gasteiger charge is -2.39. The molecule has 1 unspecified atom stereocenters. The number of hydrogen-bond donors (Lipinski definition) is 1. The summed E-state index contributed by atoms with van der Waals surface area (Å²) in [7, 11) is 0. The Labute approximate surface area is 205 Å². The molecule has 0 radical (unpaired) electrons. The van der Waals surface area contributed by atoms with Crippen LogP contribution in [0.25, 0.3) is 0 Å². The summed E-state index contributed by atoms with van der Waals surface area (Å²) >= 11 is 0. The molecule has 2 amide bonds. The number of aryl methyl sites for hydroxylation is 2. The van der Waals surface area contributed by atoms with E-state index in [-0.39, 0.29) is 31.6 Å². The van der Waals surface area contributed by atoms with Gasteiger partial charge < -0.3 is 24.4 Å². The van der Waals surface area contributed by atoms with E-state index in [1.807, 2.05) is 63.3 Å². The van der Waals surface area contributed by atoms with Crippen LogP contribution in [0.5, 0.6) is 0 Å². The Kier molecular flexibility index (Phi) is 5.84. The first-order valence-corrected chi connectivity index (χ1v) is 12.3. The van der Waals surface area contributed by atoms with E-state index in [9.17, 15) is 19.5 Å². The van der Waals surface area contributed by atoms with Gasteiger partial charge in [-0.1, -0.05) is 49.4 Å². The Bertz CT molecular complexity index is 1110. The minimum absolute atomic E-state index is 0.0258. The van der Waals surface area contributed by atoms with Crippen molar-refractivity contribution in [2.45, 2.75) is 50.9 Å². The highest BCUT2D eigenvalue weighted by atomic mass is 16.6. The second-order valence-corrected chi connectivity index (χ2v) is 9.83. The summed E-state index contributed by atoms with van der Waals surface area (Å²) in [6, 6.07) is 4.84. The number of carbonyl (C=O) groups excluding carboxylic acids is 3. The Morgan fingerprint density at radius 2 is 1.80 bits per heavy atom. The number of fused-ring (bicyclic) bond motifs is 2. The largest absolute Gasteiger partial charge is 0.465 e. The Hall–Kier alpha value is -2.97. The van der Waals surface area contributed by atoms with Crippen molar-refractivity contribution in [1.82, 2.24) is 4.90 Å². The van der Waals surface area contributed by atoms with Crippen LogP contribution in [0.3, 0.4) is 0 Å². The number of likely N-dealkylation sites (tertiary alicyclic amines) is 1. The zero-order valence-electron chi connectivity index (χ0n) is 20.4. The van der Waals surface area contributed by atoms with E-state index >= 15 is 0 Å². The number of hydrogen-bond acceptors (Lipinski definition) is 6. The smallest absolute Gasteiger partial charge is 0.313 e. The molecule has 4 aliphatic rings. The van der Waals surface area contributed by atoms with Crippen LogP contribution in [0.1, 0.15) is 30.9 Å². The van der Waals surface area contributed by atoms with Crippen LogP contribution >= 0.6 is 0 Å². The number of benzene rings is 1. The number of para-hydroxylation sites is 1. The average molecular weight is 481 g/mol. The third kappa shape index (κ3) is 3.30. The monoisotopic (exact) mass is 480 g/mol. The number of rotatable bonds is 4. The van der Waals surface area contributed by atoms with Gasteiger partial charge in [-0.25, -0.2) is 0 Å². The molecule has 35 heavy (non-hydrogen) atoms. The normalized spacial score (nSPS) is 34.2. The molecular weight excluding hydrogens is 448 g/mol. The van der Waals surface area contributed by atoms with Crippen molar-refractivity contribution in [3.63, 3.8) is 0 Å². The first kappa shape index (κ1) is 23.8. The first-order chi connectivity index (χ1) is 16.8. The van der Waals surface area contributed by atoms with Crippen molar-refractivity contribution in [2.24, 2.45) is 11.8 Å². The van der Waals surface area contributed by atoms with Crippen LogP contribution < -0.4 is 4.90 Å². The number of aliphatic hydroxyl groups is 1. The second-order valence-electron chi connectivity index (χ2n) is 9.83. The van der Waals surface area contributed by atoms with Crippen molar-refractivity contribution < 1.29 is 29.0 Å². The summed E-state index contributed by atoms with van der Waals surface area (Å²) in [5, 5.41) is 9.81. The quantitative estimate of drug-likeness (QED) is 0.524. The molecule has 2 saturated heterocycles. The zero-order valence-corrected chi connectivity index (χ0v) is 20.4. The fourth-order valence-electron chi connectivity index (χ4n) is 6.51. The number of anilines is 1. The van der Waals surface area contributed by atoms with Gasteiger partial charge in [-0.05, 0) is 37.8 Å². The molecule has 2 fully saturated rings. The highest BCUT2D eigenvalue weighted by molar-refractivity contribution is 6.06. The predicted molar refractivity (Wildman–Crippen MR) is 129 cm³/mol. The third-order valence-corrected chi connectivity index (χ3v) is 7.95. The van der Waals surface area contributed by atoms with Gasteiger partial charge in [-0.2, -0.15) is 0 Å². The number of cyclic esters (lactones) is 1. The maximum absolute atomic E-state index is 14.3. The lowest BCUT2D eigenvalue weighted by atomic mass is 9.73. The number of nitrogens with zero attached hydrogens (tertiary/aromatic N) is 2. The summed E-state index contributed by atoms with van der Waals surface area (Å²) < 4.78 is 12.3. The fraction of sp³-hybridized carbons (Fsp3) is 0.519. The van der Waals surface area contributed by atoms with Gasteiger partial charge in [-0.3, -0.25) is 14.4 Å². The molecule has 8 nitrogen and oxygen atoms in total. The zero-order chi connectivity index (χ0) is 25.0. The van der Waals surface area contributed by atoms with Crippen LogP contribution in [-0.4, -0.2) is 71.3 Å². The minimum atomic E-state index is -1.34. The van der Waals surface area contributed by atoms with Gasteiger partial charge in [0.15, 0.2) is 0 Å². The van der Waals surface area contributed by atoms with Crippen molar-refractivity contribution >= 4 is 23.5 Å². The topological polar surface area (TPSA) is 96.4 Å². The summed E-state index contributed by atoms with van der Waals surface area (Å²) in [5.74, 6) is -2.93.